The number of hydrogen-bond acceptors (Lipinski definition) is 5. The highest BCUT2D eigenvalue weighted by molar-refractivity contribution is 7.89. The first-order valence-corrected chi connectivity index (χ1v) is 12.0. The van der Waals surface area contributed by atoms with Gasteiger partial charge in [-0.15, -0.1) is 0 Å². The van der Waals surface area contributed by atoms with E-state index < -0.39 is 10.0 Å². The third-order valence-corrected chi connectivity index (χ3v) is 8.30. The zero-order valence-corrected chi connectivity index (χ0v) is 17.8. The lowest BCUT2D eigenvalue weighted by Gasteiger charge is -2.31. The number of carbonyl (C=O) groups is 1. The fourth-order valence-electron chi connectivity index (χ4n) is 4.48. The van der Waals surface area contributed by atoms with Crippen molar-refractivity contribution in [2.75, 3.05) is 19.6 Å². The second kappa shape index (κ2) is 7.39. The zero-order chi connectivity index (χ0) is 20.9. The van der Waals surface area contributed by atoms with Gasteiger partial charge in [0.1, 0.15) is 16.7 Å². The van der Waals surface area contributed by atoms with Gasteiger partial charge in [-0.3, -0.25) is 9.89 Å². The molecule has 2 aromatic rings. The summed E-state index contributed by atoms with van der Waals surface area (Å²) in [6, 6.07) is 6.62. The number of benzene rings is 1. The molecule has 3 heterocycles. The van der Waals surface area contributed by atoms with Crippen molar-refractivity contribution >= 4 is 15.9 Å². The highest BCUT2D eigenvalue weighted by atomic mass is 32.2. The van der Waals surface area contributed by atoms with Gasteiger partial charge in [-0.25, -0.2) is 8.42 Å². The minimum Gasteiger partial charge on any atom is -0.487 e. The normalized spacial score (nSPS) is 26.1. The topological polar surface area (TPSA) is 95.6 Å². The summed E-state index contributed by atoms with van der Waals surface area (Å²) in [7, 11) is -3.66. The van der Waals surface area contributed by atoms with Crippen molar-refractivity contribution in [3.63, 3.8) is 0 Å². The molecular weight excluding hydrogens is 404 g/mol. The van der Waals surface area contributed by atoms with Crippen LogP contribution in [0.5, 0.6) is 5.75 Å². The average molecular weight is 431 g/mol. The summed E-state index contributed by atoms with van der Waals surface area (Å²) >= 11 is 0. The molecule has 1 N–H and O–H groups in total. The van der Waals surface area contributed by atoms with E-state index in [0.717, 1.165) is 18.5 Å². The molecule has 1 aliphatic carbocycles. The van der Waals surface area contributed by atoms with Gasteiger partial charge in [0.25, 0.3) is 5.91 Å². The first kappa shape index (κ1) is 19.6. The molecule has 1 saturated heterocycles. The molecule has 9 heteroatoms. The van der Waals surface area contributed by atoms with Crippen molar-refractivity contribution in [3.05, 3.63) is 41.7 Å². The van der Waals surface area contributed by atoms with Gasteiger partial charge in [-0.2, -0.15) is 9.40 Å². The number of nitrogens with one attached hydrogen (secondary N) is 1. The zero-order valence-electron chi connectivity index (χ0n) is 17.0. The Labute approximate surface area is 176 Å². The quantitative estimate of drug-likeness (QED) is 0.805. The van der Waals surface area contributed by atoms with Gasteiger partial charge in [-0.1, -0.05) is 12.1 Å². The average Bonchev–Trinajstić information content (AvgIpc) is 3.49. The number of para-hydroxylation sites is 1. The summed E-state index contributed by atoms with van der Waals surface area (Å²) in [5, 5.41) is 6.77. The van der Waals surface area contributed by atoms with E-state index in [-0.39, 0.29) is 22.9 Å². The summed E-state index contributed by atoms with van der Waals surface area (Å²) < 4.78 is 35.0. The van der Waals surface area contributed by atoms with Crippen LogP contribution in [0.25, 0.3) is 0 Å². The van der Waals surface area contributed by atoms with Crippen molar-refractivity contribution in [1.82, 2.24) is 19.4 Å². The van der Waals surface area contributed by atoms with Crippen LogP contribution >= 0.6 is 0 Å². The number of H-pyrrole nitrogens is 1. The van der Waals surface area contributed by atoms with Crippen molar-refractivity contribution in [2.45, 2.75) is 49.6 Å². The van der Waals surface area contributed by atoms with Gasteiger partial charge in [0.15, 0.2) is 0 Å². The Morgan fingerprint density at radius 3 is 2.70 bits per heavy atom. The number of ether oxygens (including phenoxy) is 1. The Morgan fingerprint density at radius 2 is 1.97 bits per heavy atom. The van der Waals surface area contributed by atoms with Gasteiger partial charge in [0.05, 0.1) is 17.8 Å². The van der Waals surface area contributed by atoms with Gasteiger partial charge in [-0.05, 0) is 44.2 Å². The lowest BCUT2D eigenvalue weighted by molar-refractivity contribution is 0.0754. The second-order valence-electron chi connectivity index (χ2n) is 8.47. The van der Waals surface area contributed by atoms with Crippen LogP contribution in [-0.4, -0.2) is 65.5 Å². The van der Waals surface area contributed by atoms with E-state index in [1.165, 1.54) is 0 Å². The molecule has 5 rings (SSSR count). The van der Waals surface area contributed by atoms with E-state index >= 15 is 0 Å². The Hall–Kier alpha value is -2.39. The predicted molar refractivity (Wildman–Crippen MR) is 110 cm³/mol. The van der Waals surface area contributed by atoms with Crippen molar-refractivity contribution in [1.29, 1.82) is 0 Å². The summed E-state index contributed by atoms with van der Waals surface area (Å²) in [4.78, 5) is 15.0. The number of fused-ring (bicyclic) bond motifs is 2. The van der Waals surface area contributed by atoms with Gasteiger partial charge < -0.3 is 9.64 Å². The molecule has 2 aliphatic heterocycles. The Kier molecular flexibility index (Phi) is 4.82. The van der Waals surface area contributed by atoms with Gasteiger partial charge in [0, 0.05) is 31.7 Å². The molecule has 3 aliphatic rings. The molecule has 2 atom stereocenters. The number of rotatable bonds is 3. The molecular formula is C21H26N4O4S. The molecule has 8 nitrogen and oxygen atoms in total. The van der Waals surface area contributed by atoms with Crippen molar-refractivity contribution < 1.29 is 17.9 Å². The van der Waals surface area contributed by atoms with Crippen molar-refractivity contribution in [2.24, 2.45) is 5.92 Å². The number of hydrogen-bond donors (Lipinski definition) is 1. The molecule has 1 aromatic carbocycles. The van der Waals surface area contributed by atoms with E-state index in [4.69, 9.17) is 4.74 Å². The first-order valence-electron chi connectivity index (χ1n) is 10.5. The SMILES string of the molecule is Cc1[nH]ncc1C(=O)N1CC[C@@H]2Oc3ccccc3S(=O)(=O)N(CC3CC3)[C@H]2CC1. The number of aromatic nitrogens is 2. The number of carbonyl (C=O) groups excluding carboxylic acids is 1. The van der Waals surface area contributed by atoms with E-state index in [9.17, 15) is 13.2 Å². The maximum atomic E-state index is 13.6. The molecule has 0 radical (unpaired) electrons. The number of aromatic amines is 1. The van der Waals surface area contributed by atoms with Crippen LogP contribution in [0.15, 0.2) is 35.4 Å². The van der Waals surface area contributed by atoms with Crippen LogP contribution in [-0.2, 0) is 10.0 Å². The van der Waals surface area contributed by atoms with Crippen LogP contribution in [0.4, 0.5) is 0 Å². The molecule has 1 amide bonds. The third kappa shape index (κ3) is 3.39. The van der Waals surface area contributed by atoms with E-state index in [0.29, 0.717) is 49.7 Å². The highest BCUT2D eigenvalue weighted by Crippen LogP contribution is 2.39. The molecule has 1 aromatic heterocycles. The maximum Gasteiger partial charge on any atom is 0.257 e. The van der Waals surface area contributed by atoms with E-state index in [1.54, 1.807) is 39.7 Å². The smallest absolute Gasteiger partial charge is 0.257 e. The number of nitrogens with zero attached hydrogens (tertiary/aromatic N) is 3. The standard InChI is InChI=1S/C21H26N4O4S/c1-14-16(12-22-23-14)21(26)24-10-8-17-18(9-11-24)29-19-4-2-3-5-20(19)30(27,28)25(17)13-15-6-7-15/h2-5,12,15,17-18H,6-11,13H2,1H3,(H,22,23)/t17-,18-/m0/s1. The number of aryl methyl sites for hydroxylation is 1. The first-order chi connectivity index (χ1) is 14.4. The van der Waals surface area contributed by atoms with Crippen molar-refractivity contribution in [3.8, 4) is 5.75 Å². The van der Waals surface area contributed by atoms with Crippen LogP contribution < -0.4 is 4.74 Å². The minimum absolute atomic E-state index is 0.0743. The monoisotopic (exact) mass is 430 g/mol. The number of likely N-dealkylation sites (tertiary alicyclic amines) is 1. The van der Waals surface area contributed by atoms with Gasteiger partial charge in [0.2, 0.25) is 10.0 Å². The molecule has 0 spiro atoms. The maximum absolute atomic E-state index is 13.6. The molecule has 0 unspecified atom stereocenters. The Bertz CT molecular complexity index is 1060. The number of amides is 1. The van der Waals surface area contributed by atoms with E-state index in [2.05, 4.69) is 10.2 Å². The summed E-state index contributed by atoms with van der Waals surface area (Å²) in [5.41, 5.74) is 1.30. The molecule has 30 heavy (non-hydrogen) atoms. The van der Waals surface area contributed by atoms with Crippen LogP contribution in [0.2, 0.25) is 0 Å². The molecule has 2 fully saturated rings. The number of sulfonamides is 1. The minimum atomic E-state index is -3.66. The lowest BCUT2D eigenvalue weighted by Crippen LogP contribution is -2.48. The predicted octanol–water partition coefficient (Wildman–Crippen LogP) is 2.18. The molecule has 0 bridgehead atoms. The molecule has 1 saturated carbocycles. The summed E-state index contributed by atoms with van der Waals surface area (Å²) in [5.74, 6) is 0.756. The summed E-state index contributed by atoms with van der Waals surface area (Å²) in [6.07, 6.45) is 4.53. The fourth-order valence-corrected chi connectivity index (χ4v) is 6.36. The van der Waals surface area contributed by atoms with E-state index in [1.807, 2.05) is 6.92 Å². The Morgan fingerprint density at radius 1 is 1.20 bits per heavy atom. The lowest BCUT2D eigenvalue weighted by atomic mass is 10.1. The summed E-state index contributed by atoms with van der Waals surface area (Å²) in [6.45, 7) is 3.35. The second-order valence-corrected chi connectivity index (χ2v) is 10.3. The molecule has 160 valence electrons. The van der Waals surface area contributed by atoms with Crippen LogP contribution in [0.1, 0.15) is 41.7 Å². The fraction of sp³-hybridized carbons (Fsp3) is 0.524. The van der Waals surface area contributed by atoms with Crippen LogP contribution in [0.3, 0.4) is 0 Å². The largest absolute Gasteiger partial charge is 0.487 e. The Balaban J connectivity index is 1.47. The van der Waals surface area contributed by atoms with Crippen LogP contribution in [0, 0.1) is 12.8 Å². The third-order valence-electron chi connectivity index (χ3n) is 6.37. The van der Waals surface area contributed by atoms with Gasteiger partial charge >= 0.3 is 0 Å². The highest BCUT2D eigenvalue weighted by Gasteiger charge is 2.45.